The van der Waals surface area contributed by atoms with Gasteiger partial charge in [0.25, 0.3) is 0 Å². The van der Waals surface area contributed by atoms with E-state index < -0.39 is 0 Å². The predicted molar refractivity (Wildman–Crippen MR) is 105 cm³/mol. The van der Waals surface area contributed by atoms with Crippen LogP contribution in [0, 0.1) is 13.8 Å². The number of nitrogens with zero attached hydrogens (tertiary/aromatic N) is 3. The van der Waals surface area contributed by atoms with Crippen molar-refractivity contribution in [1.82, 2.24) is 14.7 Å². The van der Waals surface area contributed by atoms with E-state index in [0.29, 0.717) is 6.42 Å². The molecule has 146 valence electrons. The van der Waals surface area contributed by atoms with Gasteiger partial charge in [0.2, 0.25) is 5.91 Å². The first-order valence-electron chi connectivity index (χ1n) is 9.47. The molecule has 6 heteroatoms. The second kappa shape index (κ2) is 8.03. The predicted octanol–water partition coefficient (Wildman–Crippen LogP) is 3.10. The van der Waals surface area contributed by atoms with Gasteiger partial charge < -0.3 is 14.4 Å². The molecule has 2 heterocycles. The minimum absolute atomic E-state index is 0.0528. The summed E-state index contributed by atoms with van der Waals surface area (Å²) in [6.45, 7) is 7.52. The van der Waals surface area contributed by atoms with Gasteiger partial charge in [0.1, 0.15) is 0 Å². The molecule has 2 aromatic rings. The first-order chi connectivity index (χ1) is 12.9. The Bertz CT molecular complexity index is 793. The van der Waals surface area contributed by atoms with Gasteiger partial charge in [-0.1, -0.05) is 0 Å². The van der Waals surface area contributed by atoms with E-state index in [1.165, 1.54) is 11.1 Å². The van der Waals surface area contributed by atoms with Crippen LogP contribution in [0.15, 0.2) is 18.2 Å². The number of fused-ring (bicyclic) bond motifs is 1. The van der Waals surface area contributed by atoms with Gasteiger partial charge in [0, 0.05) is 25.2 Å². The van der Waals surface area contributed by atoms with Crippen LogP contribution in [0.25, 0.3) is 0 Å². The summed E-state index contributed by atoms with van der Waals surface area (Å²) in [6, 6.07) is 6.18. The SMILES string of the molecule is COc1cc2c(cc1OC)CCN(C(=O)CC(C)n1nc(C)cc1C)CC2. The van der Waals surface area contributed by atoms with Crippen molar-refractivity contribution in [3.05, 3.63) is 40.7 Å². The Morgan fingerprint density at radius 1 is 1.07 bits per heavy atom. The van der Waals surface area contributed by atoms with E-state index in [1.54, 1.807) is 14.2 Å². The lowest BCUT2D eigenvalue weighted by Gasteiger charge is -2.23. The normalized spacial score (nSPS) is 15.1. The van der Waals surface area contributed by atoms with Crippen molar-refractivity contribution in [3.8, 4) is 11.5 Å². The number of aryl methyl sites for hydroxylation is 2. The number of methoxy groups -OCH3 is 2. The van der Waals surface area contributed by atoms with Crippen molar-refractivity contribution in [1.29, 1.82) is 0 Å². The number of aromatic nitrogens is 2. The molecular formula is C21H29N3O3. The number of rotatable bonds is 5. The standard InChI is InChI=1S/C21H29N3O3/c1-14-10-15(2)24(22-14)16(3)11-21(25)23-8-6-17-12-19(26-4)20(27-5)13-18(17)7-9-23/h10,12-13,16H,6-9,11H2,1-5H3. The fourth-order valence-electron chi connectivity index (χ4n) is 3.86. The molecule has 0 aliphatic carbocycles. The topological polar surface area (TPSA) is 56.6 Å². The van der Waals surface area contributed by atoms with Crippen molar-refractivity contribution < 1.29 is 14.3 Å². The Labute approximate surface area is 161 Å². The van der Waals surface area contributed by atoms with E-state index in [2.05, 4.69) is 12.0 Å². The maximum absolute atomic E-state index is 12.9. The number of hydrogen-bond donors (Lipinski definition) is 0. The summed E-state index contributed by atoms with van der Waals surface area (Å²) in [5.41, 5.74) is 4.54. The van der Waals surface area contributed by atoms with Crippen LogP contribution >= 0.6 is 0 Å². The molecule has 1 amide bonds. The quantitative estimate of drug-likeness (QED) is 0.810. The molecule has 0 saturated carbocycles. The molecule has 3 rings (SSSR count). The van der Waals surface area contributed by atoms with Crippen molar-refractivity contribution in [2.75, 3.05) is 27.3 Å². The highest BCUT2D eigenvalue weighted by molar-refractivity contribution is 5.76. The van der Waals surface area contributed by atoms with Crippen LogP contribution in [-0.4, -0.2) is 47.9 Å². The third-order valence-corrected chi connectivity index (χ3v) is 5.29. The van der Waals surface area contributed by atoms with Crippen molar-refractivity contribution >= 4 is 5.91 Å². The van der Waals surface area contributed by atoms with Gasteiger partial charge in [-0.3, -0.25) is 9.48 Å². The molecule has 6 nitrogen and oxygen atoms in total. The number of benzene rings is 1. The summed E-state index contributed by atoms with van der Waals surface area (Å²) in [5.74, 6) is 1.67. The van der Waals surface area contributed by atoms with Crippen LogP contribution < -0.4 is 9.47 Å². The molecule has 0 bridgehead atoms. The fourth-order valence-corrected chi connectivity index (χ4v) is 3.86. The summed E-state index contributed by atoms with van der Waals surface area (Å²) < 4.78 is 12.8. The van der Waals surface area contributed by atoms with Crippen molar-refractivity contribution in [2.24, 2.45) is 0 Å². The lowest BCUT2D eigenvalue weighted by atomic mass is 10.0. The fraction of sp³-hybridized carbons (Fsp3) is 0.524. The Morgan fingerprint density at radius 2 is 1.63 bits per heavy atom. The lowest BCUT2D eigenvalue weighted by Crippen LogP contribution is -2.34. The number of carbonyl (C=O) groups excluding carboxylic acids is 1. The molecular weight excluding hydrogens is 342 g/mol. The Hall–Kier alpha value is -2.50. The number of amides is 1. The largest absolute Gasteiger partial charge is 0.493 e. The average molecular weight is 371 g/mol. The van der Waals surface area contributed by atoms with E-state index in [1.807, 2.05) is 41.6 Å². The zero-order valence-corrected chi connectivity index (χ0v) is 16.9. The zero-order chi connectivity index (χ0) is 19.6. The molecule has 1 aliphatic heterocycles. The highest BCUT2D eigenvalue weighted by Gasteiger charge is 2.23. The Balaban J connectivity index is 1.68. The van der Waals surface area contributed by atoms with Gasteiger partial charge in [0.15, 0.2) is 11.5 Å². The smallest absolute Gasteiger partial charge is 0.224 e. The average Bonchev–Trinajstić information content (AvgIpc) is 2.87. The molecule has 1 aromatic carbocycles. The van der Waals surface area contributed by atoms with Crippen LogP contribution in [0.5, 0.6) is 11.5 Å². The monoisotopic (exact) mass is 371 g/mol. The van der Waals surface area contributed by atoms with Crippen LogP contribution in [0.4, 0.5) is 0 Å². The van der Waals surface area contributed by atoms with Gasteiger partial charge in [-0.05, 0) is 62.9 Å². The van der Waals surface area contributed by atoms with Crippen molar-refractivity contribution in [3.63, 3.8) is 0 Å². The van der Waals surface area contributed by atoms with Crippen LogP contribution in [0.3, 0.4) is 0 Å². The molecule has 1 aliphatic rings. The maximum Gasteiger partial charge on any atom is 0.224 e. The third kappa shape index (κ3) is 4.10. The number of hydrogen-bond acceptors (Lipinski definition) is 4. The molecule has 27 heavy (non-hydrogen) atoms. The van der Waals surface area contributed by atoms with Gasteiger partial charge in [-0.2, -0.15) is 5.10 Å². The highest BCUT2D eigenvalue weighted by Crippen LogP contribution is 2.32. The number of carbonyl (C=O) groups is 1. The minimum Gasteiger partial charge on any atom is -0.493 e. The molecule has 0 saturated heterocycles. The van der Waals surface area contributed by atoms with Crippen LogP contribution in [0.2, 0.25) is 0 Å². The highest BCUT2D eigenvalue weighted by atomic mass is 16.5. The van der Waals surface area contributed by atoms with E-state index in [9.17, 15) is 4.79 Å². The molecule has 1 unspecified atom stereocenters. The molecule has 0 fully saturated rings. The summed E-state index contributed by atoms with van der Waals surface area (Å²) in [7, 11) is 3.30. The Kier molecular flexibility index (Phi) is 5.73. The van der Waals surface area contributed by atoms with Gasteiger partial charge in [-0.25, -0.2) is 0 Å². The van der Waals surface area contributed by atoms with Crippen LogP contribution in [0.1, 0.15) is 41.9 Å². The molecule has 0 N–H and O–H groups in total. The Morgan fingerprint density at radius 3 is 2.07 bits per heavy atom. The van der Waals surface area contributed by atoms with Gasteiger partial charge in [0.05, 0.1) is 26.0 Å². The summed E-state index contributed by atoms with van der Waals surface area (Å²) in [4.78, 5) is 14.9. The molecule has 0 radical (unpaired) electrons. The van der Waals surface area contributed by atoms with Gasteiger partial charge >= 0.3 is 0 Å². The second-order valence-electron chi connectivity index (χ2n) is 7.28. The first kappa shape index (κ1) is 19.3. The molecule has 0 spiro atoms. The zero-order valence-electron chi connectivity index (χ0n) is 16.9. The van der Waals surface area contributed by atoms with E-state index in [4.69, 9.17) is 9.47 Å². The second-order valence-corrected chi connectivity index (χ2v) is 7.28. The summed E-state index contributed by atoms with van der Waals surface area (Å²) in [6.07, 6.45) is 2.12. The first-order valence-corrected chi connectivity index (χ1v) is 9.47. The van der Waals surface area contributed by atoms with E-state index >= 15 is 0 Å². The molecule has 1 atom stereocenters. The minimum atomic E-state index is 0.0528. The summed E-state index contributed by atoms with van der Waals surface area (Å²) in [5, 5.41) is 4.52. The van der Waals surface area contributed by atoms with Crippen molar-refractivity contribution in [2.45, 2.75) is 46.1 Å². The summed E-state index contributed by atoms with van der Waals surface area (Å²) >= 11 is 0. The lowest BCUT2D eigenvalue weighted by molar-refractivity contribution is -0.131. The van der Waals surface area contributed by atoms with E-state index in [-0.39, 0.29) is 11.9 Å². The third-order valence-electron chi connectivity index (χ3n) is 5.29. The van der Waals surface area contributed by atoms with Crippen LogP contribution in [-0.2, 0) is 17.6 Å². The molecule has 1 aromatic heterocycles. The maximum atomic E-state index is 12.9. The van der Waals surface area contributed by atoms with Gasteiger partial charge in [-0.15, -0.1) is 0 Å². The van der Waals surface area contributed by atoms with E-state index in [0.717, 1.165) is 48.8 Å². The number of ether oxygens (including phenoxy) is 2.